The highest BCUT2D eigenvalue weighted by atomic mass is 32.2. The SMILES string of the molecule is Cc1ccc(-c2nc(CC(=O)Nc3ccc(S(=O)(=O)NCC4CC4)cc3)cs2)o1. The number of anilines is 1. The second-order valence-corrected chi connectivity index (χ2v) is 9.72. The molecule has 1 amide bonds. The van der Waals surface area contributed by atoms with E-state index >= 15 is 0 Å². The molecule has 0 spiro atoms. The molecule has 0 bridgehead atoms. The lowest BCUT2D eigenvalue weighted by Crippen LogP contribution is -2.25. The molecule has 1 aliphatic rings. The van der Waals surface area contributed by atoms with Gasteiger partial charge in [0.25, 0.3) is 0 Å². The Labute approximate surface area is 173 Å². The number of rotatable bonds is 8. The van der Waals surface area contributed by atoms with Gasteiger partial charge in [-0.2, -0.15) is 0 Å². The zero-order valence-electron chi connectivity index (χ0n) is 15.8. The summed E-state index contributed by atoms with van der Waals surface area (Å²) in [6, 6.07) is 9.88. The van der Waals surface area contributed by atoms with Crippen molar-refractivity contribution in [2.24, 2.45) is 5.92 Å². The molecule has 2 N–H and O–H groups in total. The minimum absolute atomic E-state index is 0.124. The van der Waals surface area contributed by atoms with Crippen molar-refractivity contribution < 1.29 is 17.6 Å². The third-order valence-electron chi connectivity index (χ3n) is 4.55. The maximum Gasteiger partial charge on any atom is 0.240 e. The molecule has 2 heterocycles. The number of hydrogen-bond acceptors (Lipinski definition) is 6. The van der Waals surface area contributed by atoms with Gasteiger partial charge in [0.2, 0.25) is 15.9 Å². The van der Waals surface area contributed by atoms with Crippen LogP contribution >= 0.6 is 11.3 Å². The largest absolute Gasteiger partial charge is 0.459 e. The summed E-state index contributed by atoms with van der Waals surface area (Å²) in [5, 5.41) is 5.33. The van der Waals surface area contributed by atoms with Gasteiger partial charge in [-0.1, -0.05) is 0 Å². The number of carbonyl (C=O) groups is 1. The Bertz CT molecular complexity index is 1110. The topological polar surface area (TPSA) is 101 Å². The Balaban J connectivity index is 1.34. The van der Waals surface area contributed by atoms with Gasteiger partial charge in [-0.05, 0) is 62.1 Å². The summed E-state index contributed by atoms with van der Waals surface area (Å²) in [6.45, 7) is 2.35. The fourth-order valence-electron chi connectivity index (χ4n) is 2.77. The number of sulfonamides is 1. The highest BCUT2D eigenvalue weighted by Crippen LogP contribution is 2.28. The minimum Gasteiger partial charge on any atom is -0.459 e. The Hall–Kier alpha value is -2.49. The molecule has 9 heteroatoms. The molecule has 0 atom stereocenters. The second-order valence-electron chi connectivity index (χ2n) is 7.10. The first-order valence-electron chi connectivity index (χ1n) is 9.30. The molecule has 4 rings (SSSR count). The van der Waals surface area contributed by atoms with Crippen LogP contribution in [0.1, 0.15) is 24.3 Å². The molecule has 1 aromatic carbocycles. The van der Waals surface area contributed by atoms with Crippen LogP contribution < -0.4 is 10.0 Å². The van der Waals surface area contributed by atoms with Crippen LogP contribution in [-0.2, 0) is 21.2 Å². The monoisotopic (exact) mass is 431 g/mol. The van der Waals surface area contributed by atoms with E-state index < -0.39 is 10.0 Å². The lowest BCUT2D eigenvalue weighted by molar-refractivity contribution is -0.115. The summed E-state index contributed by atoms with van der Waals surface area (Å²) in [4.78, 5) is 16.9. The Morgan fingerprint density at radius 2 is 1.97 bits per heavy atom. The first-order valence-corrected chi connectivity index (χ1v) is 11.7. The molecule has 1 aliphatic carbocycles. The van der Waals surface area contributed by atoms with Crippen LogP contribution in [0.2, 0.25) is 0 Å². The molecule has 0 saturated heterocycles. The van der Waals surface area contributed by atoms with E-state index in [-0.39, 0.29) is 17.2 Å². The molecule has 152 valence electrons. The lowest BCUT2D eigenvalue weighted by Gasteiger charge is -2.08. The number of amides is 1. The normalized spacial score (nSPS) is 14.1. The van der Waals surface area contributed by atoms with Gasteiger partial charge in [-0.15, -0.1) is 11.3 Å². The van der Waals surface area contributed by atoms with Crippen molar-refractivity contribution in [1.82, 2.24) is 9.71 Å². The van der Waals surface area contributed by atoms with Gasteiger partial charge in [-0.25, -0.2) is 18.1 Å². The van der Waals surface area contributed by atoms with Crippen molar-refractivity contribution in [1.29, 1.82) is 0 Å². The molecule has 1 saturated carbocycles. The van der Waals surface area contributed by atoms with Crippen molar-refractivity contribution in [3.8, 4) is 10.8 Å². The zero-order valence-corrected chi connectivity index (χ0v) is 17.5. The summed E-state index contributed by atoms with van der Waals surface area (Å²) in [5.41, 5.74) is 1.19. The second kappa shape index (κ2) is 8.10. The van der Waals surface area contributed by atoms with Gasteiger partial charge in [0.15, 0.2) is 10.8 Å². The number of thiazole rings is 1. The predicted octanol–water partition coefficient (Wildman–Crippen LogP) is 3.58. The summed E-state index contributed by atoms with van der Waals surface area (Å²) in [6.07, 6.45) is 2.28. The first-order chi connectivity index (χ1) is 13.9. The summed E-state index contributed by atoms with van der Waals surface area (Å²) >= 11 is 1.42. The number of benzene rings is 1. The van der Waals surface area contributed by atoms with E-state index in [1.807, 2.05) is 24.4 Å². The van der Waals surface area contributed by atoms with E-state index in [0.29, 0.717) is 29.6 Å². The van der Waals surface area contributed by atoms with Gasteiger partial charge < -0.3 is 9.73 Å². The van der Waals surface area contributed by atoms with Gasteiger partial charge in [0.05, 0.1) is 17.0 Å². The van der Waals surface area contributed by atoms with Crippen LogP contribution in [0.5, 0.6) is 0 Å². The number of furan rings is 1. The van der Waals surface area contributed by atoms with Gasteiger partial charge in [-0.3, -0.25) is 4.79 Å². The Morgan fingerprint density at radius 1 is 1.21 bits per heavy atom. The standard InChI is InChI=1S/C20H21N3O4S2/c1-13-2-9-18(27-13)20-23-16(12-28-20)10-19(24)22-15-5-7-17(8-6-15)29(25,26)21-11-14-3-4-14/h2,5-9,12,14,21H,3-4,10-11H2,1H3,(H,22,24). The lowest BCUT2D eigenvalue weighted by atomic mass is 10.3. The van der Waals surface area contributed by atoms with Crippen molar-refractivity contribution in [3.63, 3.8) is 0 Å². The number of aromatic nitrogens is 1. The number of nitrogens with zero attached hydrogens (tertiary/aromatic N) is 1. The minimum atomic E-state index is -3.51. The highest BCUT2D eigenvalue weighted by molar-refractivity contribution is 7.89. The molecular formula is C20H21N3O4S2. The third kappa shape index (κ3) is 5.11. The van der Waals surface area contributed by atoms with E-state index in [1.165, 1.54) is 23.5 Å². The summed E-state index contributed by atoms with van der Waals surface area (Å²) < 4.78 is 32.7. The summed E-state index contributed by atoms with van der Waals surface area (Å²) in [7, 11) is -3.51. The maximum absolute atomic E-state index is 12.3. The molecule has 7 nitrogen and oxygen atoms in total. The maximum atomic E-state index is 12.3. The highest BCUT2D eigenvalue weighted by Gasteiger charge is 2.24. The number of carbonyl (C=O) groups excluding carboxylic acids is 1. The quantitative estimate of drug-likeness (QED) is 0.568. The molecule has 0 aliphatic heterocycles. The van der Waals surface area contributed by atoms with Crippen molar-refractivity contribution in [3.05, 3.63) is 53.2 Å². The average Bonchev–Trinajstić information content (AvgIpc) is 3.24. The molecule has 3 aromatic rings. The Morgan fingerprint density at radius 3 is 2.62 bits per heavy atom. The third-order valence-corrected chi connectivity index (χ3v) is 6.90. The van der Waals surface area contributed by atoms with Crippen LogP contribution in [0.15, 0.2) is 51.1 Å². The average molecular weight is 432 g/mol. The van der Waals surface area contributed by atoms with Gasteiger partial charge in [0.1, 0.15) is 5.76 Å². The number of aryl methyl sites for hydroxylation is 1. The van der Waals surface area contributed by atoms with Crippen LogP contribution in [0.4, 0.5) is 5.69 Å². The van der Waals surface area contributed by atoms with Crippen molar-refractivity contribution in [2.45, 2.75) is 31.1 Å². The Kier molecular flexibility index (Phi) is 5.53. The van der Waals surface area contributed by atoms with Crippen LogP contribution in [0, 0.1) is 12.8 Å². The van der Waals surface area contributed by atoms with E-state index in [4.69, 9.17) is 4.42 Å². The summed E-state index contributed by atoms with van der Waals surface area (Å²) in [5.74, 6) is 1.74. The molecule has 29 heavy (non-hydrogen) atoms. The fraction of sp³-hybridized carbons (Fsp3) is 0.300. The van der Waals surface area contributed by atoms with E-state index in [2.05, 4.69) is 15.0 Å². The smallest absolute Gasteiger partial charge is 0.240 e. The van der Waals surface area contributed by atoms with Crippen LogP contribution in [-0.4, -0.2) is 25.9 Å². The molecule has 1 fully saturated rings. The number of hydrogen-bond donors (Lipinski definition) is 2. The van der Waals surface area contributed by atoms with Crippen LogP contribution in [0.3, 0.4) is 0 Å². The molecular weight excluding hydrogens is 410 g/mol. The zero-order chi connectivity index (χ0) is 20.4. The molecule has 0 unspecified atom stereocenters. The van der Waals surface area contributed by atoms with E-state index in [0.717, 1.165) is 23.6 Å². The van der Waals surface area contributed by atoms with E-state index in [1.54, 1.807) is 12.1 Å². The van der Waals surface area contributed by atoms with Gasteiger partial charge >= 0.3 is 0 Å². The van der Waals surface area contributed by atoms with Crippen molar-refractivity contribution in [2.75, 3.05) is 11.9 Å². The van der Waals surface area contributed by atoms with E-state index in [9.17, 15) is 13.2 Å². The van der Waals surface area contributed by atoms with Crippen molar-refractivity contribution >= 4 is 33.0 Å². The first kappa shape index (κ1) is 19.8. The predicted molar refractivity (Wildman–Crippen MR) is 111 cm³/mol. The van der Waals surface area contributed by atoms with Crippen LogP contribution in [0.25, 0.3) is 10.8 Å². The van der Waals surface area contributed by atoms with Gasteiger partial charge in [0, 0.05) is 17.6 Å². The fourth-order valence-corrected chi connectivity index (χ4v) is 4.67. The number of nitrogens with one attached hydrogen (secondary N) is 2. The molecule has 2 aromatic heterocycles. The molecule has 0 radical (unpaired) electrons.